The maximum Gasteiger partial charge on any atom is 0.165 e. The number of aryl methyl sites for hydroxylation is 1. The van der Waals surface area contributed by atoms with Gasteiger partial charge in [0.15, 0.2) is 11.5 Å². The highest BCUT2D eigenvalue weighted by molar-refractivity contribution is 6.82. The second-order valence-corrected chi connectivity index (χ2v) is 13.4. The average Bonchev–Trinajstić information content (AvgIpc) is 2.88. The summed E-state index contributed by atoms with van der Waals surface area (Å²) >= 11 is 0. The fourth-order valence-electron chi connectivity index (χ4n) is 2.66. The van der Waals surface area contributed by atoms with E-state index < -0.39 is 13.3 Å². The molecule has 0 amide bonds. The number of nitrogens with zero attached hydrogens (tertiary/aromatic N) is 4. The minimum Gasteiger partial charge on any atom is -0.394 e. The van der Waals surface area contributed by atoms with Gasteiger partial charge in [0.25, 0.3) is 0 Å². The molecule has 0 radical (unpaired) electrons. The number of nitrogen functional groups attached to an aromatic ring is 1. The number of hydrogen-bond acceptors (Lipinski definition) is 6. The highest BCUT2D eigenvalue weighted by atomic mass is 28.3. The van der Waals surface area contributed by atoms with Gasteiger partial charge in [-0.2, -0.15) is 0 Å². The second-order valence-electron chi connectivity index (χ2n) is 7.68. The lowest BCUT2D eigenvalue weighted by Crippen LogP contribution is -2.62. The van der Waals surface area contributed by atoms with Crippen molar-refractivity contribution in [1.29, 1.82) is 0 Å². The molecule has 1 unspecified atom stereocenters. The van der Waals surface area contributed by atoms with E-state index >= 15 is 0 Å². The van der Waals surface area contributed by atoms with E-state index in [1.54, 1.807) is 6.33 Å². The molecular formula is C15H27N5O2Si. The van der Waals surface area contributed by atoms with Gasteiger partial charge in [-0.3, -0.25) is 0 Å². The minimum absolute atomic E-state index is 0.0336. The zero-order valence-corrected chi connectivity index (χ0v) is 15.5. The highest BCUT2D eigenvalue weighted by Crippen LogP contribution is 2.44. The summed E-state index contributed by atoms with van der Waals surface area (Å²) in [4.78, 5) is 12.4. The maximum atomic E-state index is 11.1. The normalized spacial score (nSPS) is 15.8. The molecular weight excluding hydrogens is 310 g/mol. The standard InChI is InChI=1S/C15H27N5O2Si/c1-14(2,3)23(4,5)15(22,8-21)6-7-20-10-19-11-12(16)17-9-18-13(11)20/h9-10,21-22H,6-8H2,1-5H3,(H2,16,17,18). The molecule has 2 rings (SSSR count). The summed E-state index contributed by atoms with van der Waals surface area (Å²) in [5.41, 5.74) is 7.00. The molecule has 0 saturated carbocycles. The molecule has 0 aliphatic heterocycles. The summed E-state index contributed by atoms with van der Waals surface area (Å²) in [6, 6.07) is 0. The summed E-state index contributed by atoms with van der Waals surface area (Å²) in [5.74, 6) is 0.343. The Kier molecular flexibility index (Phi) is 4.53. The fourth-order valence-corrected chi connectivity index (χ4v) is 5.18. The predicted octanol–water partition coefficient (Wildman–Crippen LogP) is 1.57. The van der Waals surface area contributed by atoms with E-state index in [0.717, 1.165) is 0 Å². The molecule has 4 N–H and O–H groups in total. The molecule has 0 aromatic carbocycles. The zero-order chi connectivity index (χ0) is 17.5. The summed E-state index contributed by atoms with van der Waals surface area (Å²) in [6.45, 7) is 10.9. The largest absolute Gasteiger partial charge is 0.394 e. The van der Waals surface area contributed by atoms with Gasteiger partial charge in [0.05, 0.1) is 26.2 Å². The first kappa shape index (κ1) is 17.8. The van der Waals surface area contributed by atoms with E-state index in [2.05, 4.69) is 48.8 Å². The van der Waals surface area contributed by atoms with Crippen LogP contribution in [0.3, 0.4) is 0 Å². The predicted molar refractivity (Wildman–Crippen MR) is 93.6 cm³/mol. The molecule has 8 heteroatoms. The van der Waals surface area contributed by atoms with Crippen molar-refractivity contribution in [3.8, 4) is 0 Å². The SMILES string of the molecule is CC(C)(C)[Si](C)(C)C(O)(CO)CCn1cnc2c(N)ncnc21. The lowest BCUT2D eigenvalue weighted by Gasteiger charge is -2.48. The van der Waals surface area contributed by atoms with E-state index in [1.807, 2.05) is 4.57 Å². The number of aliphatic hydroxyl groups excluding tert-OH is 1. The summed E-state index contributed by atoms with van der Waals surface area (Å²) in [5, 5.41) is 19.9. The minimum atomic E-state index is -2.16. The van der Waals surface area contributed by atoms with Gasteiger partial charge in [-0.1, -0.05) is 33.9 Å². The second kappa shape index (κ2) is 5.84. The molecule has 0 saturated heterocycles. The first-order valence-electron chi connectivity index (χ1n) is 7.78. The highest BCUT2D eigenvalue weighted by Gasteiger charge is 2.51. The van der Waals surface area contributed by atoms with Crippen LogP contribution in [0.1, 0.15) is 27.2 Å². The monoisotopic (exact) mass is 337 g/mol. The number of anilines is 1. The maximum absolute atomic E-state index is 11.1. The van der Waals surface area contributed by atoms with Crippen molar-refractivity contribution in [1.82, 2.24) is 19.5 Å². The van der Waals surface area contributed by atoms with Crippen LogP contribution < -0.4 is 5.73 Å². The number of aromatic nitrogens is 4. The van der Waals surface area contributed by atoms with Crippen LogP contribution in [0.4, 0.5) is 5.82 Å². The van der Waals surface area contributed by atoms with Gasteiger partial charge < -0.3 is 20.5 Å². The van der Waals surface area contributed by atoms with Crippen LogP contribution in [0, 0.1) is 0 Å². The topological polar surface area (TPSA) is 110 Å². The quantitative estimate of drug-likeness (QED) is 0.714. The van der Waals surface area contributed by atoms with Crippen LogP contribution >= 0.6 is 0 Å². The van der Waals surface area contributed by atoms with Gasteiger partial charge in [-0.25, -0.2) is 15.0 Å². The summed E-state index contributed by atoms with van der Waals surface area (Å²) < 4.78 is 1.85. The summed E-state index contributed by atoms with van der Waals surface area (Å²) in [6.07, 6.45) is 3.50. The molecule has 1 atom stereocenters. The molecule has 7 nitrogen and oxygen atoms in total. The van der Waals surface area contributed by atoms with Crippen molar-refractivity contribution in [2.75, 3.05) is 12.3 Å². The van der Waals surface area contributed by atoms with E-state index in [-0.39, 0.29) is 11.6 Å². The van der Waals surface area contributed by atoms with Crippen LogP contribution in [-0.4, -0.2) is 49.6 Å². The van der Waals surface area contributed by atoms with Crippen molar-refractivity contribution < 1.29 is 10.2 Å². The van der Waals surface area contributed by atoms with E-state index in [0.29, 0.717) is 29.9 Å². The average molecular weight is 338 g/mol. The third kappa shape index (κ3) is 2.98. The molecule has 0 aliphatic rings. The Hall–Kier alpha value is -1.51. The molecule has 0 spiro atoms. The molecule has 2 aromatic heterocycles. The van der Waals surface area contributed by atoms with Crippen molar-refractivity contribution in [2.24, 2.45) is 0 Å². The number of hydrogen-bond donors (Lipinski definition) is 3. The zero-order valence-electron chi connectivity index (χ0n) is 14.5. The molecule has 2 aromatic rings. The van der Waals surface area contributed by atoms with Crippen LogP contribution in [0.25, 0.3) is 11.2 Å². The van der Waals surface area contributed by atoms with E-state index in [9.17, 15) is 10.2 Å². The number of rotatable bonds is 5. The van der Waals surface area contributed by atoms with Crippen molar-refractivity contribution in [3.05, 3.63) is 12.7 Å². The first-order valence-corrected chi connectivity index (χ1v) is 10.8. The number of nitrogens with two attached hydrogens (primary N) is 1. The van der Waals surface area contributed by atoms with Crippen LogP contribution in [0.5, 0.6) is 0 Å². The van der Waals surface area contributed by atoms with E-state index in [1.165, 1.54) is 6.33 Å². The van der Waals surface area contributed by atoms with Crippen molar-refractivity contribution >= 4 is 25.1 Å². The Labute approximate surface area is 137 Å². The molecule has 23 heavy (non-hydrogen) atoms. The van der Waals surface area contributed by atoms with Gasteiger partial charge >= 0.3 is 0 Å². The molecule has 2 heterocycles. The Bertz CT molecular complexity index is 695. The lowest BCUT2D eigenvalue weighted by atomic mass is 10.2. The van der Waals surface area contributed by atoms with Crippen LogP contribution in [0.2, 0.25) is 18.1 Å². The lowest BCUT2D eigenvalue weighted by molar-refractivity contribution is 0.0332. The third-order valence-corrected chi connectivity index (χ3v) is 12.0. The first-order chi connectivity index (χ1) is 10.5. The number of fused-ring (bicyclic) bond motifs is 1. The molecule has 128 valence electrons. The van der Waals surface area contributed by atoms with Crippen molar-refractivity contribution in [2.45, 2.75) is 57.1 Å². The summed E-state index contributed by atoms with van der Waals surface area (Å²) in [7, 11) is -2.16. The van der Waals surface area contributed by atoms with E-state index in [4.69, 9.17) is 5.73 Å². The Balaban J connectivity index is 2.28. The third-order valence-electron chi connectivity index (χ3n) is 5.50. The Morgan fingerprint density at radius 2 is 1.87 bits per heavy atom. The van der Waals surface area contributed by atoms with Crippen molar-refractivity contribution in [3.63, 3.8) is 0 Å². The van der Waals surface area contributed by atoms with Crippen LogP contribution in [0.15, 0.2) is 12.7 Å². The number of aliphatic hydroxyl groups is 2. The number of imidazole rings is 1. The smallest absolute Gasteiger partial charge is 0.165 e. The van der Waals surface area contributed by atoms with Gasteiger partial charge in [-0.15, -0.1) is 0 Å². The van der Waals surface area contributed by atoms with Gasteiger partial charge in [-0.05, 0) is 11.5 Å². The molecule has 0 bridgehead atoms. The van der Waals surface area contributed by atoms with Gasteiger partial charge in [0, 0.05) is 6.54 Å². The Morgan fingerprint density at radius 3 is 2.43 bits per heavy atom. The van der Waals surface area contributed by atoms with Gasteiger partial charge in [0.2, 0.25) is 0 Å². The Morgan fingerprint density at radius 1 is 1.22 bits per heavy atom. The van der Waals surface area contributed by atoms with Crippen LogP contribution in [-0.2, 0) is 6.54 Å². The fraction of sp³-hybridized carbons (Fsp3) is 0.667. The molecule has 0 fully saturated rings. The molecule has 0 aliphatic carbocycles. The van der Waals surface area contributed by atoms with Gasteiger partial charge in [0.1, 0.15) is 11.8 Å².